The summed E-state index contributed by atoms with van der Waals surface area (Å²) in [7, 11) is 1.48. The van der Waals surface area contributed by atoms with Gasteiger partial charge in [-0.05, 0) is 36.8 Å². The predicted molar refractivity (Wildman–Crippen MR) is 70.3 cm³/mol. The van der Waals surface area contributed by atoms with Crippen LogP contribution < -0.4 is 4.74 Å². The number of methoxy groups -OCH3 is 1. The summed E-state index contributed by atoms with van der Waals surface area (Å²) in [5.41, 5.74) is 0.676. The average Bonchev–Trinajstić information content (AvgIpc) is 2.26. The Morgan fingerprint density at radius 3 is 2.41 bits per heavy atom. The molecule has 0 aromatic heterocycles. The van der Waals surface area contributed by atoms with Gasteiger partial charge in [0.05, 0.1) is 7.11 Å². The maximum Gasteiger partial charge on any atom is 0.168 e. The van der Waals surface area contributed by atoms with E-state index in [1.807, 2.05) is 13.0 Å². The van der Waals surface area contributed by atoms with Gasteiger partial charge in [-0.2, -0.15) is 0 Å². The summed E-state index contributed by atoms with van der Waals surface area (Å²) in [6.45, 7) is 6.19. The molecule has 0 N–H and O–H groups in total. The highest BCUT2D eigenvalue weighted by atomic mass is 35.5. The Labute approximate surface area is 108 Å². The summed E-state index contributed by atoms with van der Waals surface area (Å²) in [5.74, 6) is 0.719. The molecule has 1 aromatic carbocycles. The third-order valence-electron chi connectivity index (χ3n) is 3.17. The molecule has 2 atom stereocenters. The van der Waals surface area contributed by atoms with Gasteiger partial charge >= 0.3 is 0 Å². The van der Waals surface area contributed by atoms with Gasteiger partial charge in [0.2, 0.25) is 0 Å². The molecule has 96 valence electrons. The summed E-state index contributed by atoms with van der Waals surface area (Å²) in [5, 5.41) is 0.0283. The monoisotopic (exact) mass is 258 g/mol. The minimum absolute atomic E-state index is 0.0283. The van der Waals surface area contributed by atoms with E-state index in [1.54, 1.807) is 12.1 Å². The molecule has 1 aromatic rings. The maximum absolute atomic E-state index is 14.0. The fourth-order valence-corrected chi connectivity index (χ4v) is 2.43. The molecule has 0 aliphatic heterocycles. The number of hydrogen-bond acceptors (Lipinski definition) is 1. The van der Waals surface area contributed by atoms with Gasteiger partial charge in [0.15, 0.2) is 11.6 Å². The molecule has 1 nitrogen and oxygen atoms in total. The highest BCUT2D eigenvalue weighted by Crippen LogP contribution is 2.28. The molecule has 0 bridgehead atoms. The van der Waals surface area contributed by atoms with E-state index < -0.39 is 0 Å². The summed E-state index contributed by atoms with van der Waals surface area (Å²) >= 11 is 6.16. The number of ether oxygens (including phenoxy) is 1. The van der Waals surface area contributed by atoms with Gasteiger partial charge in [-0.1, -0.05) is 26.0 Å². The largest absolute Gasteiger partial charge is 0.494 e. The van der Waals surface area contributed by atoms with Crippen molar-refractivity contribution >= 4 is 11.6 Å². The number of halogens is 2. The first-order valence-corrected chi connectivity index (χ1v) is 6.36. The molecule has 0 amide bonds. The minimum atomic E-state index is -0.266. The lowest BCUT2D eigenvalue weighted by Gasteiger charge is -2.23. The van der Waals surface area contributed by atoms with Crippen LogP contribution in [0.5, 0.6) is 5.75 Å². The van der Waals surface area contributed by atoms with Crippen molar-refractivity contribution in [3.63, 3.8) is 0 Å². The van der Waals surface area contributed by atoms with E-state index in [1.165, 1.54) is 7.11 Å². The molecule has 0 fully saturated rings. The van der Waals surface area contributed by atoms with Crippen LogP contribution in [0.4, 0.5) is 4.39 Å². The standard InChI is InChI=1S/C14H20ClFO/c1-9(2)12(10(3)15)8-11-6-5-7-13(17-4)14(11)16/h5-7,9-10,12H,8H2,1-4H3. The lowest BCUT2D eigenvalue weighted by atomic mass is 9.86. The van der Waals surface area contributed by atoms with Crippen LogP contribution in [-0.4, -0.2) is 12.5 Å². The van der Waals surface area contributed by atoms with Crippen molar-refractivity contribution in [2.75, 3.05) is 7.11 Å². The molecule has 0 aliphatic carbocycles. The smallest absolute Gasteiger partial charge is 0.168 e. The second-order valence-corrected chi connectivity index (χ2v) is 5.41. The molecule has 0 saturated carbocycles. The van der Waals surface area contributed by atoms with Crippen molar-refractivity contribution in [1.82, 2.24) is 0 Å². The minimum Gasteiger partial charge on any atom is -0.494 e. The van der Waals surface area contributed by atoms with Crippen molar-refractivity contribution in [3.8, 4) is 5.75 Å². The van der Waals surface area contributed by atoms with Crippen LogP contribution in [0.3, 0.4) is 0 Å². The van der Waals surface area contributed by atoms with Crippen LogP contribution in [0.15, 0.2) is 18.2 Å². The molecule has 0 saturated heterocycles. The number of rotatable bonds is 5. The zero-order chi connectivity index (χ0) is 13.0. The molecular weight excluding hydrogens is 239 g/mol. The van der Waals surface area contributed by atoms with Crippen molar-refractivity contribution in [2.45, 2.75) is 32.6 Å². The normalized spacial score (nSPS) is 14.8. The number of alkyl halides is 1. The Bertz CT molecular complexity index is 355. The molecular formula is C14H20ClFO. The van der Waals surface area contributed by atoms with E-state index in [0.29, 0.717) is 23.7 Å². The average molecular weight is 259 g/mol. The van der Waals surface area contributed by atoms with E-state index in [0.717, 1.165) is 0 Å². The van der Waals surface area contributed by atoms with Crippen molar-refractivity contribution < 1.29 is 9.13 Å². The Morgan fingerprint density at radius 2 is 1.94 bits per heavy atom. The summed E-state index contributed by atoms with van der Waals surface area (Å²) < 4.78 is 19.0. The van der Waals surface area contributed by atoms with Crippen LogP contribution in [-0.2, 0) is 6.42 Å². The lowest BCUT2D eigenvalue weighted by molar-refractivity contribution is 0.359. The topological polar surface area (TPSA) is 9.23 Å². The third kappa shape index (κ3) is 3.60. The van der Waals surface area contributed by atoms with E-state index in [4.69, 9.17) is 16.3 Å². The van der Waals surface area contributed by atoms with Gasteiger partial charge in [-0.15, -0.1) is 11.6 Å². The molecule has 2 unspecified atom stereocenters. The van der Waals surface area contributed by atoms with Crippen LogP contribution >= 0.6 is 11.6 Å². The van der Waals surface area contributed by atoms with Crippen molar-refractivity contribution in [3.05, 3.63) is 29.6 Å². The number of benzene rings is 1. The van der Waals surface area contributed by atoms with Gasteiger partial charge in [0.25, 0.3) is 0 Å². The Hall–Kier alpha value is -0.760. The zero-order valence-electron chi connectivity index (χ0n) is 10.8. The van der Waals surface area contributed by atoms with Crippen LogP contribution in [0.25, 0.3) is 0 Å². The van der Waals surface area contributed by atoms with Crippen molar-refractivity contribution in [1.29, 1.82) is 0 Å². The van der Waals surface area contributed by atoms with E-state index >= 15 is 0 Å². The first-order valence-electron chi connectivity index (χ1n) is 5.92. The van der Waals surface area contributed by atoms with E-state index in [2.05, 4.69) is 13.8 Å². The predicted octanol–water partition coefficient (Wildman–Crippen LogP) is 4.28. The number of hydrogen-bond donors (Lipinski definition) is 0. The van der Waals surface area contributed by atoms with E-state index in [-0.39, 0.29) is 17.1 Å². The molecule has 17 heavy (non-hydrogen) atoms. The third-order valence-corrected chi connectivity index (χ3v) is 3.49. The Kier molecular flexibility index (Phi) is 5.26. The highest BCUT2D eigenvalue weighted by molar-refractivity contribution is 6.20. The SMILES string of the molecule is COc1cccc(CC(C(C)C)C(C)Cl)c1F. The van der Waals surface area contributed by atoms with Crippen LogP contribution in [0, 0.1) is 17.7 Å². The summed E-state index contributed by atoms with van der Waals surface area (Å²) in [6.07, 6.45) is 0.644. The molecule has 0 heterocycles. The second-order valence-electron chi connectivity index (χ2n) is 4.72. The van der Waals surface area contributed by atoms with Gasteiger partial charge in [0.1, 0.15) is 0 Å². The summed E-state index contributed by atoms with van der Waals surface area (Å²) in [6, 6.07) is 5.24. The first kappa shape index (κ1) is 14.3. The van der Waals surface area contributed by atoms with E-state index in [9.17, 15) is 4.39 Å². The van der Waals surface area contributed by atoms with Gasteiger partial charge in [-0.3, -0.25) is 0 Å². The quantitative estimate of drug-likeness (QED) is 0.717. The lowest BCUT2D eigenvalue weighted by Crippen LogP contribution is -2.21. The van der Waals surface area contributed by atoms with Gasteiger partial charge < -0.3 is 4.74 Å². The van der Waals surface area contributed by atoms with Crippen LogP contribution in [0.1, 0.15) is 26.3 Å². The highest BCUT2D eigenvalue weighted by Gasteiger charge is 2.21. The first-order chi connectivity index (χ1) is 7.97. The van der Waals surface area contributed by atoms with Gasteiger partial charge in [-0.25, -0.2) is 4.39 Å². The molecule has 0 aliphatic rings. The molecule has 3 heteroatoms. The molecule has 0 radical (unpaired) electrons. The Balaban J connectivity index is 2.93. The fraction of sp³-hybridized carbons (Fsp3) is 0.571. The fourth-order valence-electron chi connectivity index (χ4n) is 2.05. The van der Waals surface area contributed by atoms with Crippen molar-refractivity contribution in [2.24, 2.45) is 11.8 Å². The van der Waals surface area contributed by atoms with Crippen LogP contribution in [0.2, 0.25) is 0 Å². The Morgan fingerprint density at radius 1 is 1.29 bits per heavy atom. The summed E-state index contributed by atoms with van der Waals surface area (Å²) in [4.78, 5) is 0. The molecule has 0 spiro atoms. The second kappa shape index (κ2) is 6.25. The van der Waals surface area contributed by atoms with Gasteiger partial charge in [0, 0.05) is 5.38 Å². The molecule has 1 rings (SSSR count). The maximum atomic E-state index is 14.0. The zero-order valence-corrected chi connectivity index (χ0v) is 11.6.